The highest BCUT2D eigenvalue weighted by Gasteiger charge is 2.27. The van der Waals surface area contributed by atoms with Crippen molar-refractivity contribution < 1.29 is 22.9 Å². The molecule has 6 heteroatoms. The molecule has 17 heavy (non-hydrogen) atoms. The number of benzene rings is 1. The standard InChI is InChI=1S/C11H15O5P/c12-17(14-8-6-13-7-9-15-17)16-10-11-4-2-1-3-5-11/h1-5H,6-10H2. The number of hydrogen-bond acceptors (Lipinski definition) is 5. The Morgan fingerprint density at radius 3 is 2.35 bits per heavy atom. The van der Waals surface area contributed by atoms with Gasteiger partial charge in [0.2, 0.25) is 0 Å². The van der Waals surface area contributed by atoms with Gasteiger partial charge in [0.15, 0.2) is 0 Å². The first-order chi connectivity index (χ1) is 8.29. The van der Waals surface area contributed by atoms with Crippen molar-refractivity contribution in [1.82, 2.24) is 0 Å². The summed E-state index contributed by atoms with van der Waals surface area (Å²) < 4.78 is 32.6. The minimum absolute atomic E-state index is 0.207. The predicted octanol–water partition coefficient (Wildman–Crippen LogP) is 2.37. The summed E-state index contributed by atoms with van der Waals surface area (Å²) in [5, 5.41) is 0. The van der Waals surface area contributed by atoms with Crippen LogP contribution in [0.2, 0.25) is 0 Å². The van der Waals surface area contributed by atoms with E-state index in [2.05, 4.69) is 0 Å². The third-order valence-corrected chi connectivity index (χ3v) is 3.63. The summed E-state index contributed by atoms with van der Waals surface area (Å²) in [5.74, 6) is 0. The highest BCUT2D eigenvalue weighted by atomic mass is 31.2. The Hall–Kier alpha value is -0.710. The van der Waals surface area contributed by atoms with Crippen LogP contribution in [-0.4, -0.2) is 26.4 Å². The number of ether oxygens (including phenoxy) is 1. The van der Waals surface area contributed by atoms with E-state index in [-0.39, 0.29) is 19.8 Å². The Morgan fingerprint density at radius 2 is 1.71 bits per heavy atom. The van der Waals surface area contributed by atoms with Crippen LogP contribution >= 0.6 is 7.82 Å². The van der Waals surface area contributed by atoms with E-state index in [1.807, 2.05) is 30.3 Å². The monoisotopic (exact) mass is 258 g/mol. The second kappa shape index (κ2) is 6.28. The first-order valence-corrected chi connectivity index (χ1v) is 6.90. The van der Waals surface area contributed by atoms with Gasteiger partial charge in [-0.1, -0.05) is 30.3 Å². The van der Waals surface area contributed by atoms with Crippen molar-refractivity contribution in [2.75, 3.05) is 26.4 Å². The Morgan fingerprint density at radius 1 is 1.06 bits per heavy atom. The van der Waals surface area contributed by atoms with Gasteiger partial charge in [0.1, 0.15) is 0 Å². The minimum atomic E-state index is -3.43. The van der Waals surface area contributed by atoms with Crippen LogP contribution in [0, 0.1) is 0 Å². The molecule has 1 fully saturated rings. The Labute approximate surface area is 100 Å². The van der Waals surface area contributed by atoms with Crippen LogP contribution in [0.15, 0.2) is 30.3 Å². The van der Waals surface area contributed by atoms with Gasteiger partial charge in [-0.2, -0.15) is 0 Å². The summed E-state index contributed by atoms with van der Waals surface area (Å²) in [6, 6.07) is 9.47. The molecule has 1 aromatic rings. The van der Waals surface area contributed by atoms with Crippen LogP contribution in [0.3, 0.4) is 0 Å². The molecule has 1 saturated heterocycles. The maximum absolute atomic E-state index is 12.1. The molecule has 0 spiro atoms. The molecule has 1 aliphatic heterocycles. The molecular weight excluding hydrogens is 243 g/mol. The molecule has 1 heterocycles. The van der Waals surface area contributed by atoms with Crippen molar-refractivity contribution in [2.24, 2.45) is 0 Å². The summed E-state index contributed by atoms with van der Waals surface area (Å²) in [6.45, 7) is 1.45. The third-order valence-electron chi connectivity index (χ3n) is 2.19. The smallest absolute Gasteiger partial charge is 0.377 e. The van der Waals surface area contributed by atoms with Crippen LogP contribution < -0.4 is 0 Å². The average molecular weight is 258 g/mol. The topological polar surface area (TPSA) is 54.0 Å². The largest absolute Gasteiger partial charge is 0.475 e. The van der Waals surface area contributed by atoms with Crippen LogP contribution in [0.1, 0.15) is 5.56 Å². The number of rotatable bonds is 3. The van der Waals surface area contributed by atoms with Gasteiger partial charge in [0, 0.05) is 0 Å². The molecular formula is C11H15O5P. The van der Waals surface area contributed by atoms with Gasteiger partial charge in [-0.25, -0.2) is 4.57 Å². The fraction of sp³-hybridized carbons (Fsp3) is 0.455. The highest BCUT2D eigenvalue weighted by molar-refractivity contribution is 7.48. The lowest BCUT2D eigenvalue weighted by molar-refractivity contribution is 0.0148. The van der Waals surface area contributed by atoms with E-state index in [1.165, 1.54) is 0 Å². The van der Waals surface area contributed by atoms with Crippen LogP contribution in [0.25, 0.3) is 0 Å². The predicted molar refractivity (Wildman–Crippen MR) is 61.6 cm³/mol. The molecule has 5 nitrogen and oxygen atoms in total. The summed E-state index contributed by atoms with van der Waals surface area (Å²) in [5.41, 5.74) is 0.924. The maximum atomic E-state index is 12.1. The zero-order chi connectivity index (χ0) is 12.0. The summed E-state index contributed by atoms with van der Waals surface area (Å²) in [7, 11) is -3.43. The Bertz CT molecular complexity index is 369. The summed E-state index contributed by atoms with van der Waals surface area (Å²) >= 11 is 0. The second-order valence-corrected chi connectivity index (χ2v) is 5.15. The zero-order valence-corrected chi connectivity index (χ0v) is 10.3. The van der Waals surface area contributed by atoms with Crippen molar-refractivity contribution in [2.45, 2.75) is 6.61 Å². The lowest BCUT2D eigenvalue weighted by atomic mass is 10.2. The van der Waals surface area contributed by atoms with Gasteiger partial charge in [0.25, 0.3) is 0 Å². The number of phosphoric ester groups is 1. The van der Waals surface area contributed by atoms with E-state index in [0.29, 0.717) is 13.2 Å². The van der Waals surface area contributed by atoms with Crippen LogP contribution in [0.5, 0.6) is 0 Å². The van der Waals surface area contributed by atoms with E-state index in [0.717, 1.165) is 5.56 Å². The van der Waals surface area contributed by atoms with E-state index < -0.39 is 7.82 Å². The van der Waals surface area contributed by atoms with Crippen molar-refractivity contribution in [3.05, 3.63) is 35.9 Å². The van der Waals surface area contributed by atoms with Gasteiger partial charge in [-0.15, -0.1) is 0 Å². The highest BCUT2D eigenvalue weighted by Crippen LogP contribution is 2.50. The molecule has 1 aliphatic rings. The fourth-order valence-corrected chi connectivity index (χ4v) is 2.48. The third kappa shape index (κ3) is 4.22. The first-order valence-electron chi connectivity index (χ1n) is 5.44. The van der Waals surface area contributed by atoms with Gasteiger partial charge < -0.3 is 4.74 Å². The number of phosphoric acid groups is 1. The molecule has 0 radical (unpaired) electrons. The Kier molecular flexibility index (Phi) is 4.71. The van der Waals surface area contributed by atoms with Gasteiger partial charge in [0.05, 0.1) is 33.0 Å². The molecule has 94 valence electrons. The van der Waals surface area contributed by atoms with E-state index in [9.17, 15) is 4.57 Å². The molecule has 2 rings (SSSR count). The molecule has 0 unspecified atom stereocenters. The van der Waals surface area contributed by atoms with Crippen LogP contribution in [-0.2, 0) is 29.5 Å². The fourth-order valence-electron chi connectivity index (χ4n) is 1.36. The zero-order valence-electron chi connectivity index (χ0n) is 9.41. The lowest BCUT2D eigenvalue weighted by Gasteiger charge is -2.20. The van der Waals surface area contributed by atoms with Crippen molar-refractivity contribution in [3.8, 4) is 0 Å². The molecule has 0 bridgehead atoms. The van der Waals surface area contributed by atoms with E-state index in [1.54, 1.807) is 0 Å². The average Bonchev–Trinajstić information content (AvgIpc) is 2.34. The molecule has 0 amide bonds. The van der Waals surface area contributed by atoms with E-state index in [4.69, 9.17) is 18.3 Å². The molecule has 0 saturated carbocycles. The quantitative estimate of drug-likeness (QED) is 0.779. The lowest BCUT2D eigenvalue weighted by Crippen LogP contribution is -2.14. The molecule has 0 atom stereocenters. The summed E-state index contributed by atoms with van der Waals surface area (Å²) in [4.78, 5) is 0. The van der Waals surface area contributed by atoms with Crippen LogP contribution in [0.4, 0.5) is 0 Å². The van der Waals surface area contributed by atoms with Gasteiger partial charge in [-0.05, 0) is 5.56 Å². The molecule has 0 N–H and O–H groups in total. The van der Waals surface area contributed by atoms with Crippen molar-refractivity contribution >= 4 is 7.82 Å². The second-order valence-electron chi connectivity index (χ2n) is 3.49. The van der Waals surface area contributed by atoms with Gasteiger partial charge in [-0.3, -0.25) is 13.6 Å². The maximum Gasteiger partial charge on any atom is 0.475 e. The van der Waals surface area contributed by atoms with Crippen molar-refractivity contribution in [3.63, 3.8) is 0 Å². The summed E-state index contributed by atoms with van der Waals surface area (Å²) in [6.07, 6.45) is 0. The molecule has 0 aliphatic carbocycles. The SMILES string of the molecule is O=P1(OCc2ccccc2)OCCOCCO1. The normalized spacial score (nSPS) is 20.5. The Balaban J connectivity index is 1.89. The van der Waals surface area contributed by atoms with Crippen molar-refractivity contribution in [1.29, 1.82) is 0 Å². The van der Waals surface area contributed by atoms with Gasteiger partial charge >= 0.3 is 7.82 Å². The molecule has 0 aromatic heterocycles. The minimum Gasteiger partial charge on any atom is -0.377 e. The molecule has 1 aromatic carbocycles. The number of hydrogen-bond donors (Lipinski definition) is 0. The first kappa shape index (κ1) is 12.7. The van der Waals surface area contributed by atoms with E-state index >= 15 is 0 Å².